The molecule has 3 aromatic rings. The van der Waals surface area contributed by atoms with Gasteiger partial charge in [-0.1, -0.05) is 11.6 Å². The van der Waals surface area contributed by atoms with Gasteiger partial charge in [0.1, 0.15) is 18.0 Å². The number of halogens is 3. The molecule has 0 amide bonds. The molecule has 0 saturated heterocycles. The smallest absolute Gasteiger partial charge is 0.163 e. The van der Waals surface area contributed by atoms with Gasteiger partial charge in [0.15, 0.2) is 16.5 Å². The molecule has 0 bridgehead atoms. The molecular formula is C20H18BrClFN3O2. The summed E-state index contributed by atoms with van der Waals surface area (Å²) in [6.45, 7) is 2.55. The largest absolute Gasteiger partial charge is 0.489 e. The first-order valence-corrected chi connectivity index (χ1v) is 10.2. The Morgan fingerprint density at radius 1 is 1.25 bits per heavy atom. The number of hydrogen-bond donors (Lipinski definition) is 1. The van der Waals surface area contributed by atoms with Crippen molar-refractivity contribution in [2.75, 3.05) is 11.9 Å². The van der Waals surface area contributed by atoms with Crippen molar-refractivity contribution in [1.82, 2.24) is 9.97 Å². The summed E-state index contributed by atoms with van der Waals surface area (Å²) in [5, 5.41) is 3.77. The van der Waals surface area contributed by atoms with Crippen molar-refractivity contribution in [1.29, 1.82) is 0 Å². The Kier molecular flexibility index (Phi) is 5.55. The number of nitrogens with one attached hydrogen (secondary N) is 1. The van der Waals surface area contributed by atoms with Crippen LogP contribution in [0.25, 0.3) is 10.9 Å². The fraction of sp³-hybridized carbons (Fsp3) is 0.300. The first-order chi connectivity index (χ1) is 13.5. The molecule has 1 aliphatic rings. The van der Waals surface area contributed by atoms with Gasteiger partial charge in [-0.25, -0.2) is 14.4 Å². The molecule has 1 unspecified atom stereocenters. The first kappa shape index (κ1) is 19.2. The molecule has 2 aromatic carbocycles. The molecule has 28 heavy (non-hydrogen) atoms. The minimum atomic E-state index is -0.473. The number of nitrogens with zero attached hydrogens (tertiary/aromatic N) is 2. The second-order valence-corrected chi connectivity index (χ2v) is 8.40. The molecule has 1 aliphatic carbocycles. The van der Waals surface area contributed by atoms with Gasteiger partial charge in [0.05, 0.1) is 17.1 Å². The molecule has 1 N–H and O–H groups in total. The maximum Gasteiger partial charge on any atom is 0.163 e. The van der Waals surface area contributed by atoms with Crippen molar-refractivity contribution >= 4 is 49.9 Å². The summed E-state index contributed by atoms with van der Waals surface area (Å²) in [6.07, 6.45) is 3.87. The normalized spacial score (nSPS) is 14.7. The lowest BCUT2D eigenvalue weighted by Crippen LogP contribution is -2.07. The lowest BCUT2D eigenvalue weighted by atomic mass is 10.2. The number of aromatic nitrogens is 2. The zero-order valence-corrected chi connectivity index (χ0v) is 17.4. The Labute approximate surface area is 175 Å². The van der Waals surface area contributed by atoms with E-state index in [1.54, 1.807) is 6.07 Å². The van der Waals surface area contributed by atoms with E-state index in [2.05, 4.69) is 31.2 Å². The van der Waals surface area contributed by atoms with Gasteiger partial charge < -0.3 is 14.8 Å². The van der Waals surface area contributed by atoms with E-state index in [1.807, 2.05) is 19.1 Å². The van der Waals surface area contributed by atoms with Crippen molar-refractivity contribution in [3.63, 3.8) is 0 Å². The highest BCUT2D eigenvalue weighted by Gasteiger charge is 2.23. The molecule has 8 heteroatoms. The molecule has 1 saturated carbocycles. The van der Waals surface area contributed by atoms with E-state index in [9.17, 15) is 4.39 Å². The van der Waals surface area contributed by atoms with Gasteiger partial charge in [-0.2, -0.15) is 0 Å². The van der Waals surface area contributed by atoms with Gasteiger partial charge >= 0.3 is 0 Å². The van der Waals surface area contributed by atoms with Crippen LogP contribution in [0.1, 0.15) is 19.8 Å². The average Bonchev–Trinajstić information content (AvgIpc) is 3.47. The lowest BCUT2D eigenvalue weighted by Gasteiger charge is -2.16. The maximum absolute atomic E-state index is 13.4. The van der Waals surface area contributed by atoms with Crippen molar-refractivity contribution in [2.24, 2.45) is 5.92 Å². The van der Waals surface area contributed by atoms with Crippen LogP contribution in [0.4, 0.5) is 15.9 Å². The quantitative estimate of drug-likeness (QED) is 0.428. The third-order valence-corrected chi connectivity index (χ3v) is 4.82. The van der Waals surface area contributed by atoms with E-state index < -0.39 is 5.82 Å². The van der Waals surface area contributed by atoms with E-state index in [1.165, 1.54) is 31.3 Å². The van der Waals surface area contributed by atoms with Crippen LogP contribution < -0.4 is 14.8 Å². The van der Waals surface area contributed by atoms with Crippen LogP contribution in [0.15, 0.2) is 36.7 Å². The van der Waals surface area contributed by atoms with Gasteiger partial charge in [0, 0.05) is 17.1 Å². The Morgan fingerprint density at radius 3 is 2.79 bits per heavy atom. The Bertz CT molecular complexity index is 1010. The minimum Gasteiger partial charge on any atom is -0.489 e. The van der Waals surface area contributed by atoms with E-state index in [0.717, 1.165) is 5.39 Å². The molecule has 5 nitrogen and oxygen atoms in total. The van der Waals surface area contributed by atoms with Crippen molar-refractivity contribution in [3.05, 3.63) is 47.5 Å². The van der Waals surface area contributed by atoms with Crippen LogP contribution in [0.2, 0.25) is 5.02 Å². The van der Waals surface area contributed by atoms with Crippen LogP contribution in [0, 0.1) is 11.7 Å². The topological polar surface area (TPSA) is 56.3 Å². The van der Waals surface area contributed by atoms with Gasteiger partial charge in [-0.3, -0.25) is 0 Å². The third kappa shape index (κ3) is 4.47. The standard InChI is InChI=1S/C20H18BrClFN3O2/c1-11(21)28-19-7-14-17(8-18(19)27-9-12-2-3-12)24-10-25-20(14)26-13-4-5-16(23)15(22)6-13/h4-8,10-12H,2-3,9H2,1H3,(H,24,25,26). The summed E-state index contributed by atoms with van der Waals surface area (Å²) in [5.41, 5.74) is 1.34. The van der Waals surface area contributed by atoms with Crippen molar-refractivity contribution < 1.29 is 13.9 Å². The Morgan fingerprint density at radius 2 is 2.07 bits per heavy atom. The number of ether oxygens (including phenoxy) is 2. The van der Waals surface area contributed by atoms with E-state index >= 15 is 0 Å². The van der Waals surface area contributed by atoms with Crippen molar-refractivity contribution in [3.8, 4) is 11.5 Å². The van der Waals surface area contributed by atoms with E-state index in [4.69, 9.17) is 21.1 Å². The fourth-order valence-corrected chi connectivity index (χ4v) is 3.13. The number of hydrogen-bond acceptors (Lipinski definition) is 5. The second kappa shape index (κ2) is 8.09. The van der Waals surface area contributed by atoms with E-state index in [-0.39, 0.29) is 10.0 Å². The first-order valence-electron chi connectivity index (χ1n) is 8.94. The summed E-state index contributed by atoms with van der Waals surface area (Å²) < 4.78 is 25.3. The molecule has 1 fully saturated rings. The molecule has 0 aliphatic heterocycles. The number of rotatable bonds is 7. The van der Waals surface area contributed by atoms with Crippen LogP contribution >= 0.6 is 27.5 Å². The zero-order chi connectivity index (χ0) is 19.7. The van der Waals surface area contributed by atoms with Gasteiger partial charge in [-0.15, -0.1) is 0 Å². The molecule has 1 atom stereocenters. The number of benzene rings is 2. The second-order valence-electron chi connectivity index (χ2n) is 6.71. The molecule has 0 spiro atoms. The fourth-order valence-electron chi connectivity index (χ4n) is 2.75. The van der Waals surface area contributed by atoms with E-state index in [0.29, 0.717) is 41.0 Å². The Balaban J connectivity index is 1.71. The number of fused-ring (bicyclic) bond motifs is 1. The SMILES string of the molecule is CC(Br)Oc1cc2c(Nc3ccc(F)c(Cl)c3)ncnc2cc1OCC1CC1. The molecule has 4 rings (SSSR count). The third-order valence-electron chi connectivity index (χ3n) is 4.34. The zero-order valence-electron chi connectivity index (χ0n) is 15.1. The summed E-state index contributed by atoms with van der Waals surface area (Å²) in [7, 11) is 0. The summed E-state index contributed by atoms with van der Waals surface area (Å²) in [5.74, 6) is 1.97. The van der Waals surface area contributed by atoms with Gasteiger partial charge in [0.25, 0.3) is 0 Å². The monoisotopic (exact) mass is 465 g/mol. The highest BCUT2D eigenvalue weighted by atomic mass is 79.9. The van der Waals surface area contributed by atoms with Crippen LogP contribution in [-0.2, 0) is 0 Å². The number of alkyl halides is 1. The summed E-state index contributed by atoms with van der Waals surface area (Å²) in [4.78, 5) is 8.68. The summed E-state index contributed by atoms with van der Waals surface area (Å²) in [6, 6.07) is 8.12. The molecular weight excluding hydrogens is 449 g/mol. The Hall–Kier alpha value is -2.12. The molecule has 146 valence electrons. The minimum absolute atomic E-state index is 0.0382. The predicted octanol–water partition coefficient (Wildman–Crippen LogP) is 6.07. The van der Waals surface area contributed by atoms with Crippen molar-refractivity contribution in [2.45, 2.75) is 24.8 Å². The van der Waals surface area contributed by atoms with Gasteiger partial charge in [0.2, 0.25) is 0 Å². The van der Waals surface area contributed by atoms with Gasteiger partial charge in [-0.05, 0) is 65.9 Å². The van der Waals surface area contributed by atoms with Crippen LogP contribution in [-0.4, -0.2) is 21.6 Å². The summed E-state index contributed by atoms with van der Waals surface area (Å²) >= 11 is 9.29. The molecule has 1 aromatic heterocycles. The lowest BCUT2D eigenvalue weighted by molar-refractivity contribution is 0.258. The van der Waals surface area contributed by atoms with Crippen LogP contribution in [0.3, 0.4) is 0 Å². The molecule has 1 heterocycles. The highest BCUT2D eigenvalue weighted by molar-refractivity contribution is 9.09. The highest BCUT2D eigenvalue weighted by Crippen LogP contribution is 2.38. The maximum atomic E-state index is 13.4. The van der Waals surface area contributed by atoms with Crippen LogP contribution in [0.5, 0.6) is 11.5 Å². The number of anilines is 2. The predicted molar refractivity (Wildman–Crippen MR) is 111 cm³/mol. The molecule has 0 radical (unpaired) electrons. The average molecular weight is 467 g/mol.